The van der Waals surface area contributed by atoms with Gasteiger partial charge in [-0.2, -0.15) is 0 Å². The van der Waals surface area contributed by atoms with Crippen LogP contribution in [0.5, 0.6) is 0 Å². The summed E-state index contributed by atoms with van der Waals surface area (Å²) in [5.41, 5.74) is 20.4. The second-order valence-electron chi connectivity index (χ2n) is 25.4. The average Bonchev–Trinajstić information content (AvgIpc) is 1.89. The monoisotopic (exact) mass is 1130 g/mol. The van der Waals surface area contributed by atoms with Crippen molar-refractivity contribution in [3.05, 3.63) is 215 Å². The molecule has 6 heteroatoms. The van der Waals surface area contributed by atoms with Crippen LogP contribution in [-0.2, 0) is 0 Å². The van der Waals surface area contributed by atoms with Crippen LogP contribution in [0.1, 0.15) is 174 Å². The molecule has 4 fully saturated rings. The molecular weight excluding hydrogens is 1060 g/mol. The van der Waals surface area contributed by atoms with Gasteiger partial charge >= 0.3 is 0 Å². The van der Waals surface area contributed by atoms with Crippen molar-refractivity contribution >= 4 is 110 Å². The van der Waals surface area contributed by atoms with Crippen LogP contribution in [-0.4, -0.2) is 9.13 Å². The summed E-state index contributed by atoms with van der Waals surface area (Å²) in [6.07, 6.45) is 26.7. The van der Waals surface area contributed by atoms with E-state index in [-0.39, 0.29) is 0 Å². The first-order valence-corrected chi connectivity index (χ1v) is 34.0. The number of nitrogens with zero attached hydrogens (tertiary/aromatic N) is 4. The van der Waals surface area contributed by atoms with Gasteiger partial charge in [0.15, 0.2) is 0 Å². The summed E-state index contributed by atoms with van der Waals surface area (Å²) in [4.78, 5) is 4.97. The highest BCUT2D eigenvalue weighted by Crippen LogP contribution is 2.47. The van der Waals surface area contributed by atoms with Gasteiger partial charge in [-0.25, -0.2) is 0 Å². The van der Waals surface area contributed by atoms with Crippen molar-refractivity contribution in [3.8, 4) is 11.4 Å². The molecule has 0 unspecified atom stereocenters. The van der Waals surface area contributed by atoms with Crippen LogP contribution in [0.4, 0.5) is 34.1 Å². The van der Waals surface area contributed by atoms with Gasteiger partial charge in [-0.1, -0.05) is 126 Å². The third-order valence-corrected chi connectivity index (χ3v) is 22.2. The zero-order valence-corrected chi connectivity index (χ0v) is 50.2. The Labute approximate surface area is 504 Å². The molecule has 0 atom stereocenters. The third-order valence-electron chi connectivity index (χ3n) is 20.4. The number of fused-ring (bicyclic) bond motifs is 7. The summed E-state index contributed by atoms with van der Waals surface area (Å²) < 4.78 is 7.78. The van der Waals surface area contributed by atoms with Crippen molar-refractivity contribution in [2.75, 3.05) is 9.80 Å². The van der Waals surface area contributed by atoms with Crippen LogP contribution < -0.4 is 9.80 Å². The molecule has 420 valence electrons. The summed E-state index contributed by atoms with van der Waals surface area (Å²) in [7, 11) is 0. The first-order valence-electron chi connectivity index (χ1n) is 32.2. The maximum atomic E-state index is 2.58. The van der Waals surface area contributed by atoms with Crippen molar-refractivity contribution in [3.63, 3.8) is 0 Å². The predicted molar refractivity (Wildman–Crippen MR) is 361 cm³/mol. The highest BCUT2D eigenvalue weighted by molar-refractivity contribution is 7.17. The molecule has 4 aliphatic rings. The predicted octanol–water partition coefficient (Wildman–Crippen LogP) is 24.3. The van der Waals surface area contributed by atoms with E-state index >= 15 is 0 Å². The first-order chi connectivity index (χ1) is 41.6. The summed E-state index contributed by atoms with van der Waals surface area (Å²) in [5.74, 6) is 2.68. The Balaban J connectivity index is 0.821. The summed E-state index contributed by atoms with van der Waals surface area (Å²) in [6, 6.07) is 71.9. The Bertz CT molecular complexity index is 3850. The Morgan fingerprint density at radius 1 is 0.286 bits per heavy atom. The topological polar surface area (TPSA) is 16.3 Å². The van der Waals surface area contributed by atoms with Crippen LogP contribution >= 0.6 is 22.7 Å². The Morgan fingerprint density at radius 3 is 0.821 bits per heavy atom. The average molecular weight is 1130 g/mol. The van der Waals surface area contributed by atoms with Gasteiger partial charge in [0, 0.05) is 65.7 Å². The highest BCUT2D eigenvalue weighted by atomic mass is 32.1. The van der Waals surface area contributed by atoms with Crippen molar-refractivity contribution in [2.45, 2.75) is 152 Å². The molecule has 84 heavy (non-hydrogen) atoms. The molecule has 0 N–H and O–H groups in total. The molecule has 0 bridgehead atoms. The van der Waals surface area contributed by atoms with Gasteiger partial charge in [0.25, 0.3) is 0 Å². The molecule has 0 spiro atoms. The molecule has 0 saturated heterocycles. The van der Waals surface area contributed by atoms with Gasteiger partial charge in [-0.05, 0) is 252 Å². The number of rotatable bonds is 12. The van der Waals surface area contributed by atoms with Gasteiger partial charge < -0.3 is 18.9 Å². The summed E-state index contributed by atoms with van der Waals surface area (Å²) in [5, 5.41) is 9.60. The zero-order valence-electron chi connectivity index (χ0n) is 48.5. The third kappa shape index (κ3) is 9.66. The lowest BCUT2D eigenvalue weighted by Gasteiger charge is -2.28. The smallest absolute Gasteiger partial charge is 0.0804 e. The fourth-order valence-electron chi connectivity index (χ4n) is 16.0. The van der Waals surface area contributed by atoms with Crippen LogP contribution in [0, 0.1) is 0 Å². The molecule has 0 amide bonds. The minimum atomic E-state index is 0.670. The fourth-order valence-corrected chi connectivity index (χ4v) is 17.6. The van der Waals surface area contributed by atoms with Crippen molar-refractivity contribution in [2.24, 2.45) is 0 Å². The Morgan fingerprint density at radius 2 is 0.548 bits per heavy atom. The van der Waals surface area contributed by atoms with Crippen LogP contribution in [0.25, 0.3) is 64.4 Å². The molecule has 0 radical (unpaired) electrons. The lowest BCUT2D eigenvalue weighted by molar-refractivity contribution is 0.443. The fraction of sp³-hybridized carbons (Fsp3) is 0.308. The molecule has 12 aromatic rings. The molecule has 16 rings (SSSR count). The number of benzene rings is 8. The van der Waals surface area contributed by atoms with Gasteiger partial charge in [0.2, 0.25) is 0 Å². The molecular formula is C78H76N4S2. The highest BCUT2D eigenvalue weighted by Gasteiger charge is 2.27. The van der Waals surface area contributed by atoms with E-state index in [1.54, 1.807) is 0 Å². The normalized spacial score (nSPS) is 17.1. The Kier molecular flexibility index (Phi) is 14.0. The Hall–Kier alpha value is -7.38. The quantitative estimate of drug-likeness (QED) is 0.121. The molecule has 4 heterocycles. The van der Waals surface area contributed by atoms with E-state index in [4.69, 9.17) is 0 Å². The number of aromatic nitrogens is 2. The van der Waals surface area contributed by atoms with E-state index < -0.39 is 0 Å². The number of hydrogen-bond acceptors (Lipinski definition) is 4. The summed E-state index contributed by atoms with van der Waals surface area (Å²) >= 11 is 3.67. The van der Waals surface area contributed by atoms with Gasteiger partial charge in [-0.15, -0.1) is 22.7 Å². The molecule has 4 aromatic heterocycles. The molecule has 4 nitrogen and oxygen atoms in total. The lowest BCUT2D eigenvalue weighted by atomic mass is 9.84. The first kappa shape index (κ1) is 52.2. The molecule has 4 aliphatic carbocycles. The van der Waals surface area contributed by atoms with Gasteiger partial charge in [0.05, 0.1) is 22.1 Å². The molecule has 8 aromatic carbocycles. The second kappa shape index (κ2) is 22.6. The van der Waals surface area contributed by atoms with Crippen LogP contribution in [0.3, 0.4) is 0 Å². The van der Waals surface area contributed by atoms with E-state index in [9.17, 15) is 0 Å². The van der Waals surface area contributed by atoms with E-state index in [0.29, 0.717) is 23.7 Å². The van der Waals surface area contributed by atoms with Gasteiger partial charge in [-0.3, -0.25) is 0 Å². The second-order valence-corrected chi connectivity index (χ2v) is 27.3. The van der Waals surface area contributed by atoms with E-state index in [1.165, 1.54) is 238 Å². The molecule has 4 saturated carbocycles. The van der Waals surface area contributed by atoms with Crippen molar-refractivity contribution in [1.82, 2.24) is 9.13 Å². The maximum absolute atomic E-state index is 2.58. The minimum Gasteiger partial charge on any atom is -0.311 e. The number of anilines is 6. The lowest BCUT2D eigenvalue weighted by Crippen LogP contribution is -2.11. The van der Waals surface area contributed by atoms with Gasteiger partial charge in [0.1, 0.15) is 0 Å². The number of thiophene rings is 2. The van der Waals surface area contributed by atoms with E-state index in [1.807, 2.05) is 22.7 Å². The standard InChI is InChI=1S/C78H76N4S2/c1-5-13-53(14-6-1)57-21-29-63(30-22-57)79(64-31-23-58(24-32-64)54-15-7-2-8-16-54)67-37-41-69(42-38-67)81-73-49-61-45-47-83-75(61)51-71(73)78-77(81)72-52-76-62(46-48-84-76)50-74(72)82(78)70-43-39-68(40-44-70)80(65-33-25-59(26-34-65)55-17-9-3-10-18-55)66-35-27-60(28-36-66)56-19-11-4-12-20-56/h21-56H,1-20H2. The van der Waals surface area contributed by atoms with Crippen LogP contribution in [0.2, 0.25) is 0 Å². The maximum Gasteiger partial charge on any atom is 0.0804 e. The molecule has 0 aliphatic heterocycles. The largest absolute Gasteiger partial charge is 0.311 e. The van der Waals surface area contributed by atoms with E-state index in [0.717, 1.165) is 11.4 Å². The SMILES string of the molecule is c1cc2cc3c(cc2s1)c1c(c2cc4sccc4cc2n1-c1ccc(N(c2ccc(C4CCCCC4)cc2)c2ccc(C4CCCCC4)cc2)cc1)n3-c1ccc(N(c2ccc(C3CCCCC3)cc2)c2ccc(C3CCCCC3)cc2)cc1. The van der Waals surface area contributed by atoms with Crippen molar-refractivity contribution in [1.29, 1.82) is 0 Å². The van der Waals surface area contributed by atoms with E-state index in [2.05, 4.69) is 212 Å². The van der Waals surface area contributed by atoms with Crippen LogP contribution in [0.15, 0.2) is 193 Å². The minimum absolute atomic E-state index is 0.670. The summed E-state index contributed by atoms with van der Waals surface area (Å²) in [6.45, 7) is 0. The number of hydrogen-bond donors (Lipinski definition) is 0. The van der Waals surface area contributed by atoms with Crippen molar-refractivity contribution < 1.29 is 0 Å². The zero-order chi connectivity index (χ0) is 55.5.